The van der Waals surface area contributed by atoms with Gasteiger partial charge in [-0.2, -0.15) is 5.10 Å². The van der Waals surface area contributed by atoms with E-state index in [1.54, 1.807) is 24.3 Å². The Morgan fingerprint density at radius 2 is 0.438 bits per heavy atom. The molecule has 4 heterocycles. The van der Waals surface area contributed by atoms with Crippen molar-refractivity contribution in [3.05, 3.63) is 457 Å². The summed E-state index contributed by atoms with van der Waals surface area (Å²) in [6.45, 7) is 34.0. The molecule has 20 rings (SSSR count). The fourth-order valence-corrected chi connectivity index (χ4v) is 18.6. The molecule has 0 saturated carbocycles. The minimum absolute atomic E-state index is 0. The van der Waals surface area contributed by atoms with Gasteiger partial charge in [0.05, 0.1) is 28.6 Å². The van der Waals surface area contributed by atoms with Gasteiger partial charge in [-0.05, 0) is 291 Å². The van der Waals surface area contributed by atoms with Crippen molar-refractivity contribution < 1.29 is 30.2 Å². The summed E-state index contributed by atoms with van der Waals surface area (Å²) in [5.41, 5.74) is 39.3. The summed E-state index contributed by atoms with van der Waals surface area (Å²) in [5.74, 6) is 6.30. The van der Waals surface area contributed by atoms with Gasteiger partial charge in [-0.1, -0.05) is 297 Å². The van der Waals surface area contributed by atoms with E-state index in [0.717, 1.165) is 141 Å². The van der Waals surface area contributed by atoms with Crippen LogP contribution in [0.5, 0.6) is 0 Å². The molecular weight excluding hydrogens is 1920 g/mol. The summed E-state index contributed by atoms with van der Waals surface area (Å²) in [4.78, 5) is 20.0. The molecule has 0 atom stereocenters. The van der Waals surface area contributed by atoms with Gasteiger partial charge in [-0.3, -0.25) is 9.67 Å². The molecular formula is C120H109BBrIrN12O2-. The molecule has 0 unspecified atom stereocenters. The van der Waals surface area contributed by atoms with Crippen molar-refractivity contribution in [3.8, 4) is 147 Å². The molecule has 0 saturated heterocycles. The number of rotatable bonds is 16. The van der Waals surface area contributed by atoms with Gasteiger partial charge in [-0.25, -0.2) is 29.0 Å². The Morgan fingerprint density at radius 3 is 0.664 bits per heavy atom. The zero-order chi connectivity index (χ0) is 95.4. The van der Waals surface area contributed by atoms with Crippen molar-refractivity contribution >= 4 is 28.5 Å². The van der Waals surface area contributed by atoms with Gasteiger partial charge in [0.1, 0.15) is 0 Å². The van der Waals surface area contributed by atoms with E-state index in [2.05, 4.69) is 363 Å². The first-order valence-corrected chi connectivity index (χ1v) is 46.6. The fraction of sp³-hybridized carbons (Fsp3) is 0.133. The van der Waals surface area contributed by atoms with E-state index in [0.29, 0.717) is 5.46 Å². The predicted molar refractivity (Wildman–Crippen MR) is 564 cm³/mol. The van der Waals surface area contributed by atoms with Crippen LogP contribution in [0.25, 0.3) is 147 Å². The maximum Gasteiger partial charge on any atom is 0.488 e. The Morgan fingerprint density at radius 1 is 0.226 bits per heavy atom. The largest absolute Gasteiger partial charge is 0.488 e. The van der Waals surface area contributed by atoms with Crippen molar-refractivity contribution in [2.75, 3.05) is 0 Å². The Labute approximate surface area is 827 Å². The van der Waals surface area contributed by atoms with E-state index in [-0.39, 0.29) is 20.1 Å². The zero-order valence-electron chi connectivity index (χ0n) is 80.1. The number of aryl methyl sites for hydroxylation is 16. The SMILES string of the molecule is Cc1cc(C)cc(-c2nc(-c3[c-]cccc3)n(-c3c(C)cc(-c4ccccc4)cc3C)n2)c1.Cc1cc(C)cc(-c2nc(-c3ccccc3)n(-c3c(C)cc(-c4ccccc4)cc3C)n2)c1.Cc1cc(C)cc(-c2nc(-c3ccccc3)n(-c3c(C)cc(-c4ccccc4)cc3C)n2)c1.Cc1cc(C)cc(-c2nc(-c3ccccc3)n(-c3c(C)cc(Br)cc3C)n2)c1.OB(O)c1ccccc1.[Ir]. The van der Waals surface area contributed by atoms with Gasteiger partial charge < -0.3 is 10.0 Å². The fourth-order valence-electron chi connectivity index (χ4n) is 17.9. The number of hydrogen-bond acceptors (Lipinski definition) is 10. The number of benzene rings is 16. The maximum absolute atomic E-state index is 8.58. The monoisotopic (exact) mass is 2030 g/mol. The average Bonchev–Trinajstić information content (AvgIpc) is 1.53. The topological polar surface area (TPSA) is 163 Å². The van der Waals surface area contributed by atoms with Crippen molar-refractivity contribution in [1.82, 2.24) is 59.1 Å². The van der Waals surface area contributed by atoms with Crippen LogP contribution in [0.4, 0.5) is 0 Å². The first kappa shape index (κ1) is 96.8. The van der Waals surface area contributed by atoms with Gasteiger partial charge in [0.2, 0.25) is 0 Å². The summed E-state index contributed by atoms with van der Waals surface area (Å²) < 4.78 is 9.07. The Hall–Kier alpha value is -14.8. The first-order chi connectivity index (χ1) is 65.7. The minimum atomic E-state index is -1.34. The third kappa shape index (κ3) is 23.1. The molecule has 0 aliphatic rings. The van der Waals surface area contributed by atoms with E-state index in [1.165, 1.54) is 100 Å². The van der Waals surface area contributed by atoms with Gasteiger partial charge >= 0.3 is 7.12 Å². The van der Waals surface area contributed by atoms with Gasteiger partial charge in [0.15, 0.2) is 40.8 Å². The second-order valence-electron chi connectivity index (χ2n) is 35.2. The van der Waals surface area contributed by atoms with Crippen molar-refractivity contribution in [2.45, 2.75) is 111 Å². The molecule has 0 fully saturated rings. The molecule has 0 aliphatic heterocycles. The van der Waals surface area contributed by atoms with Crippen molar-refractivity contribution in [3.63, 3.8) is 0 Å². The van der Waals surface area contributed by atoms with Crippen LogP contribution in [0.15, 0.2) is 362 Å². The zero-order valence-corrected chi connectivity index (χ0v) is 84.1. The van der Waals surface area contributed by atoms with Crippen LogP contribution >= 0.6 is 15.9 Å². The van der Waals surface area contributed by atoms with E-state index in [4.69, 9.17) is 50.4 Å². The van der Waals surface area contributed by atoms with Crippen LogP contribution < -0.4 is 5.46 Å². The molecule has 1 radical (unpaired) electrons. The molecule has 17 heteroatoms. The summed E-state index contributed by atoms with van der Waals surface area (Å²) in [5, 5.41) is 37.2. The van der Waals surface area contributed by atoms with Crippen LogP contribution in [-0.4, -0.2) is 76.2 Å². The van der Waals surface area contributed by atoms with Crippen LogP contribution in [0.2, 0.25) is 0 Å². The number of nitrogens with zero attached hydrogens (tertiary/aromatic N) is 12. The third-order valence-electron chi connectivity index (χ3n) is 23.6. The first-order valence-electron chi connectivity index (χ1n) is 45.8. The van der Waals surface area contributed by atoms with Crippen LogP contribution in [0, 0.1) is 117 Å². The molecule has 0 bridgehead atoms. The molecule has 2 N–H and O–H groups in total. The van der Waals surface area contributed by atoms with Crippen molar-refractivity contribution in [2.24, 2.45) is 0 Å². The van der Waals surface area contributed by atoms with Crippen LogP contribution in [0.1, 0.15) is 89.0 Å². The third-order valence-corrected chi connectivity index (χ3v) is 24.0. The summed E-state index contributed by atoms with van der Waals surface area (Å²) in [7, 11) is -1.34. The Kier molecular flexibility index (Phi) is 30.9. The molecule has 20 aromatic rings. The van der Waals surface area contributed by atoms with Crippen molar-refractivity contribution in [1.29, 1.82) is 0 Å². The van der Waals surface area contributed by atoms with Gasteiger partial charge in [0, 0.05) is 63.5 Å². The quantitative estimate of drug-likeness (QED) is 0.0703. The van der Waals surface area contributed by atoms with E-state index < -0.39 is 7.12 Å². The average molecular weight is 2030 g/mol. The molecule has 137 heavy (non-hydrogen) atoms. The molecule has 681 valence electrons. The van der Waals surface area contributed by atoms with E-state index >= 15 is 0 Å². The van der Waals surface area contributed by atoms with Crippen LogP contribution in [-0.2, 0) is 20.1 Å². The van der Waals surface area contributed by atoms with Gasteiger partial charge in [-0.15, -0.1) is 51.2 Å². The molecule has 4 aromatic heterocycles. The van der Waals surface area contributed by atoms with E-state index in [9.17, 15) is 0 Å². The Balaban J connectivity index is 0.000000134. The molecule has 0 spiro atoms. The summed E-state index contributed by atoms with van der Waals surface area (Å²) in [6.07, 6.45) is 0. The van der Waals surface area contributed by atoms with Crippen LogP contribution in [0.3, 0.4) is 0 Å². The number of aromatic nitrogens is 12. The smallest absolute Gasteiger partial charge is 0.423 e. The summed E-state index contributed by atoms with van der Waals surface area (Å²) in [6, 6.07) is 126. The normalized spacial score (nSPS) is 10.8. The predicted octanol–water partition coefficient (Wildman–Crippen LogP) is 28.3. The second kappa shape index (κ2) is 43.7. The van der Waals surface area contributed by atoms with E-state index in [1.807, 2.05) is 122 Å². The number of halogens is 1. The number of hydrogen-bond donors (Lipinski definition) is 2. The Bertz CT molecular complexity index is 6910. The standard InChI is InChI=1S/2C30H27N3.C30H26N3.C24H22BrN3.C6H7BO2.Ir/c3*1-20-15-21(2)17-27(16-20)29-31-30(25-13-9-6-10-14-25)33(32-29)28-22(3)18-26(19-23(28)4)24-11-7-5-8-12-24;1-15-10-16(2)12-20(11-15)23-26-24(19-8-6-5-7-9-19)28(27-23)22-17(3)13-21(25)14-18(22)4;8-7(9)6-4-2-1-3-5-6;/h2*5-19H,1-4H3;5-13,15-19H,1-4H3;5-14H,1-4H3;1-5,8-9H;/q;;-1;;;. The minimum Gasteiger partial charge on any atom is -0.423 e. The second-order valence-corrected chi connectivity index (χ2v) is 36.1. The summed E-state index contributed by atoms with van der Waals surface area (Å²) >= 11 is 3.60. The van der Waals surface area contributed by atoms with Gasteiger partial charge in [0.25, 0.3) is 0 Å². The molecule has 14 nitrogen and oxygen atoms in total. The molecule has 0 aliphatic carbocycles. The molecule has 16 aromatic carbocycles. The maximum atomic E-state index is 8.58. The molecule has 0 amide bonds.